The highest BCUT2D eigenvalue weighted by molar-refractivity contribution is 7.14. The number of hydrogen-bond donors (Lipinski definition) is 2. The van der Waals surface area contributed by atoms with Gasteiger partial charge in [0.2, 0.25) is 5.96 Å². The predicted octanol–water partition coefficient (Wildman–Crippen LogP) is 5.48. The quantitative estimate of drug-likeness (QED) is 0.285. The number of rotatable bonds is 5. The van der Waals surface area contributed by atoms with Crippen LogP contribution in [-0.2, 0) is 22.5 Å². The lowest BCUT2D eigenvalue weighted by atomic mass is 9.90. The number of amidine groups is 1. The standard InChI is InChI=1S/C32H38N6O5S/c1-19(2)34-27(36-29(33)37-30(39)42-18-20-9-7-6-8-10-20)28-35-26-23-12-11-21(15-24(23)41-14-13-25(26)44-28)22-16-38(17-22)31(40)43-32(3,4)5/h6-12,15,19,22H,13-14,16-18H2,1-5H3,(H3,33,34,36,37,39). The van der Waals surface area contributed by atoms with Crippen LogP contribution in [0.4, 0.5) is 9.59 Å². The van der Waals surface area contributed by atoms with Gasteiger partial charge >= 0.3 is 12.2 Å². The van der Waals surface area contributed by atoms with Gasteiger partial charge < -0.3 is 24.8 Å². The summed E-state index contributed by atoms with van der Waals surface area (Å²) in [6.45, 7) is 11.3. The summed E-state index contributed by atoms with van der Waals surface area (Å²) in [6, 6.07) is 15.4. The zero-order valence-electron chi connectivity index (χ0n) is 25.6. The number of nitrogens with zero attached hydrogens (tertiary/aromatic N) is 4. The molecule has 12 heteroatoms. The largest absolute Gasteiger partial charge is 0.492 e. The molecule has 0 bridgehead atoms. The van der Waals surface area contributed by atoms with Gasteiger partial charge in [-0.15, -0.1) is 11.3 Å². The number of fused-ring (bicyclic) bond motifs is 3. The number of carbonyl (C=O) groups excluding carboxylic acids is 2. The number of aliphatic imine (C=N–C) groups is 2. The van der Waals surface area contributed by atoms with Gasteiger partial charge in [0.1, 0.15) is 18.0 Å². The Morgan fingerprint density at radius 3 is 2.64 bits per heavy atom. The number of aromatic nitrogens is 1. The molecule has 2 aliphatic heterocycles. The summed E-state index contributed by atoms with van der Waals surface area (Å²) in [4.78, 5) is 41.4. The molecule has 0 unspecified atom stereocenters. The van der Waals surface area contributed by atoms with Crippen molar-refractivity contribution < 1.29 is 23.8 Å². The Hall–Kier alpha value is -4.45. The van der Waals surface area contributed by atoms with Crippen molar-refractivity contribution in [2.24, 2.45) is 15.7 Å². The van der Waals surface area contributed by atoms with E-state index in [1.54, 1.807) is 4.90 Å². The molecular formula is C32H38N6O5S. The number of likely N-dealkylation sites (tertiary alicyclic amines) is 1. The molecule has 0 atom stereocenters. The Balaban J connectivity index is 1.30. The first-order valence-electron chi connectivity index (χ1n) is 14.6. The molecule has 0 spiro atoms. The highest BCUT2D eigenvalue weighted by atomic mass is 32.1. The average Bonchev–Trinajstić information content (AvgIpc) is 3.26. The third-order valence-electron chi connectivity index (χ3n) is 6.79. The molecule has 1 saturated heterocycles. The molecule has 2 aromatic carbocycles. The molecule has 1 aromatic heterocycles. The van der Waals surface area contributed by atoms with E-state index in [1.165, 1.54) is 11.3 Å². The number of ether oxygens (including phenoxy) is 3. The molecule has 0 saturated carbocycles. The second-order valence-electron chi connectivity index (χ2n) is 12.0. The molecule has 0 aliphatic carbocycles. The lowest BCUT2D eigenvalue weighted by molar-refractivity contribution is 0.00818. The zero-order valence-corrected chi connectivity index (χ0v) is 26.4. The number of amides is 2. The van der Waals surface area contributed by atoms with Crippen molar-refractivity contribution in [3.63, 3.8) is 0 Å². The van der Waals surface area contributed by atoms with Crippen LogP contribution in [-0.4, -0.2) is 65.2 Å². The smallest absolute Gasteiger partial charge is 0.414 e. The predicted molar refractivity (Wildman–Crippen MR) is 170 cm³/mol. The van der Waals surface area contributed by atoms with E-state index in [-0.39, 0.29) is 30.6 Å². The van der Waals surface area contributed by atoms with Crippen LogP contribution < -0.4 is 15.8 Å². The van der Waals surface area contributed by atoms with Crippen molar-refractivity contribution in [2.45, 2.75) is 65.2 Å². The van der Waals surface area contributed by atoms with Gasteiger partial charge in [-0.3, -0.25) is 10.3 Å². The van der Waals surface area contributed by atoms with E-state index in [2.05, 4.69) is 21.4 Å². The van der Waals surface area contributed by atoms with E-state index in [1.807, 2.05) is 77.1 Å². The molecule has 11 nitrogen and oxygen atoms in total. The number of carbonyl (C=O) groups is 2. The summed E-state index contributed by atoms with van der Waals surface area (Å²) in [5, 5.41) is 3.06. The first kappa shape index (κ1) is 31.0. The summed E-state index contributed by atoms with van der Waals surface area (Å²) < 4.78 is 16.9. The highest BCUT2D eigenvalue weighted by Gasteiger charge is 2.35. The van der Waals surface area contributed by atoms with Gasteiger partial charge in [0.05, 0.1) is 12.3 Å². The van der Waals surface area contributed by atoms with Crippen molar-refractivity contribution >= 4 is 35.3 Å². The summed E-state index contributed by atoms with van der Waals surface area (Å²) in [5.41, 5.74) is 9.22. The van der Waals surface area contributed by atoms with E-state index in [0.717, 1.165) is 33.0 Å². The van der Waals surface area contributed by atoms with Gasteiger partial charge in [-0.25, -0.2) is 14.6 Å². The molecule has 3 heterocycles. The maximum absolute atomic E-state index is 12.4. The van der Waals surface area contributed by atoms with E-state index >= 15 is 0 Å². The highest BCUT2D eigenvalue weighted by Crippen LogP contribution is 2.40. The van der Waals surface area contributed by atoms with Crippen LogP contribution in [0.15, 0.2) is 58.5 Å². The van der Waals surface area contributed by atoms with E-state index in [9.17, 15) is 9.59 Å². The molecule has 3 N–H and O–H groups in total. The Bertz CT molecular complexity index is 1570. The Morgan fingerprint density at radius 1 is 1.18 bits per heavy atom. The van der Waals surface area contributed by atoms with E-state index in [0.29, 0.717) is 37.0 Å². The third-order valence-corrected chi connectivity index (χ3v) is 7.90. The number of benzene rings is 2. The molecule has 1 fully saturated rings. The van der Waals surface area contributed by atoms with Gasteiger partial charge in [0.15, 0.2) is 10.8 Å². The number of nitrogens with two attached hydrogens (primary N) is 1. The second-order valence-corrected chi connectivity index (χ2v) is 13.0. The average molecular weight is 619 g/mol. The molecule has 44 heavy (non-hydrogen) atoms. The van der Waals surface area contributed by atoms with E-state index < -0.39 is 11.7 Å². The van der Waals surface area contributed by atoms with Gasteiger partial charge in [-0.1, -0.05) is 36.4 Å². The summed E-state index contributed by atoms with van der Waals surface area (Å²) in [5.74, 6) is 1.15. The van der Waals surface area contributed by atoms with Crippen molar-refractivity contribution in [3.8, 4) is 17.0 Å². The van der Waals surface area contributed by atoms with Crippen molar-refractivity contribution in [1.82, 2.24) is 15.2 Å². The first-order chi connectivity index (χ1) is 20.9. The van der Waals surface area contributed by atoms with Crippen LogP contribution in [0.3, 0.4) is 0 Å². The minimum absolute atomic E-state index is 0.0869. The third kappa shape index (κ3) is 7.73. The fourth-order valence-corrected chi connectivity index (χ4v) is 5.73. The fourth-order valence-electron chi connectivity index (χ4n) is 4.74. The first-order valence-corrected chi connectivity index (χ1v) is 15.4. The van der Waals surface area contributed by atoms with Crippen LogP contribution in [0.5, 0.6) is 5.75 Å². The summed E-state index contributed by atoms with van der Waals surface area (Å²) in [7, 11) is 0. The molecule has 5 rings (SSSR count). The molecule has 232 valence electrons. The van der Waals surface area contributed by atoms with E-state index in [4.69, 9.17) is 24.9 Å². The second kappa shape index (κ2) is 13.0. The maximum Gasteiger partial charge on any atom is 0.414 e. The Labute approximate surface area is 261 Å². The maximum atomic E-state index is 12.4. The number of hydrogen-bond acceptors (Lipinski definition) is 8. The van der Waals surface area contributed by atoms with Crippen molar-refractivity contribution in [1.29, 1.82) is 0 Å². The topological polar surface area (TPSA) is 141 Å². The minimum Gasteiger partial charge on any atom is -0.492 e. The number of nitrogens with one attached hydrogen (secondary N) is 1. The normalized spacial score (nSPS) is 15.5. The van der Waals surface area contributed by atoms with Gasteiger partial charge in [0.25, 0.3) is 0 Å². The number of thiazole rings is 1. The van der Waals surface area contributed by atoms with Gasteiger partial charge in [0, 0.05) is 41.9 Å². The van der Waals surface area contributed by atoms with Crippen LogP contribution >= 0.6 is 11.3 Å². The number of alkyl carbamates (subject to hydrolysis) is 1. The lowest BCUT2D eigenvalue weighted by Gasteiger charge is -2.40. The monoisotopic (exact) mass is 618 g/mol. The fraction of sp³-hybridized carbons (Fsp3) is 0.406. The molecule has 2 amide bonds. The van der Waals surface area contributed by atoms with Gasteiger partial charge in [-0.2, -0.15) is 4.99 Å². The van der Waals surface area contributed by atoms with Gasteiger partial charge in [-0.05, 0) is 57.9 Å². The van der Waals surface area contributed by atoms with Crippen LogP contribution in [0, 0.1) is 0 Å². The van der Waals surface area contributed by atoms with Crippen LogP contribution in [0.1, 0.15) is 61.5 Å². The Kier molecular flexibility index (Phi) is 9.19. The lowest BCUT2D eigenvalue weighted by Crippen LogP contribution is -2.50. The molecule has 2 aliphatic rings. The van der Waals surface area contributed by atoms with Crippen molar-refractivity contribution in [3.05, 3.63) is 69.5 Å². The molecular weight excluding hydrogens is 580 g/mol. The van der Waals surface area contributed by atoms with Crippen molar-refractivity contribution in [2.75, 3.05) is 19.7 Å². The SMILES string of the molecule is CC(C)N=C(N=C(N)NC(=O)OCc1ccccc1)c1nc2c(s1)CCOc1cc(C3CN(C(=O)OC(C)(C)C)C3)ccc1-2. The van der Waals surface area contributed by atoms with Crippen LogP contribution in [0.25, 0.3) is 11.3 Å². The summed E-state index contributed by atoms with van der Waals surface area (Å²) >= 11 is 1.48. The molecule has 3 aromatic rings. The molecule has 0 radical (unpaired) electrons. The summed E-state index contributed by atoms with van der Waals surface area (Å²) in [6.07, 6.45) is -0.331. The number of guanidine groups is 1. The zero-order chi connectivity index (χ0) is 31.4. The minimum atomic E-state index is -0.712. The Morgan fingerprint density at radius 2 is 1.93 bits per heavy atom. The van der Waals surface area contributed by atoms with Crippen LogP contribution in [0.2, 0.25) is 0 Å².